The number of aromatic hydroxyl groups is 3. The van der Waals surface area contributed by atoms with Crippen LogP contribution < -0.4 is 17.1 Å². The van der Waals surface area contributed by atoms with Crippen LogP contribution in [0.25, 0.3) is 5.69 Å². The molecule has 9 nitrogen and oxygen atoms in total. The third-order valence-electron chi connectivity index (χ3n) is 10.1. The minimum Gasteiger partial charge on any atom is -0.507 e. The molecule has 3 aromatic carbocycles. The molecule has 0 amide bonds. The Bertz CT molecular complexity index is 2100. The molecular weight excluding hydrogens is 630 g/mol. The number of hydrogen-bond donors (Lipinski definition) is 3. The zero-order valence-corrected chi connectivity index (χ0v) is 32.6. The third kappa shape index (κ3) is 6.54. The molecule has 50 heavy (non-hydrogen) atoms. The van der Waals surface area contributed by atoms with E-state index in [1.807, 2.05) is 88.3 Å². The van der Waals surface area contributed by atoms with Gasteiger partial charge in [-0.1, -0.05) is 74.4 Å². The van der Waals surface area contributed by atoms with Crippen LogP contribution in [0.4, 0.5) is 0 Å². The molecule has 9 heteroatoms. The van der Waals surface area contributed by atoms with E-state index in [9.17, 15) is 29.7 Å². The lowest BCUT2D eigenvalue weighted by atomic mass is 9.82. The minimum atomic E-state index is -0.858. The Hall–Kier alpha value is -4.53. The van der Waals surface area contributed by atoms with E-state index >= 15 is 0 Å². The molecule has 3 N–H and O–H groups in total. The van der Waals surface area contributed by atoms with Gasteiger partial charge in [-0.3, -0.25) is 0 Å². The molecule has 0 aliphatic rings. The van der Waals surface area contributed by atoms with Gasteiger partial charge >= 0.3 is 17.1 Å². The van der Waals surface area contributed by atoms with Crippen LogP contribution >= 0.6 is 0 Å². The van der Waals surface area contributed by atoms with Crippen molar-refractivity contribution in [3.8, 4) is 22.9 Å². The van der Waals surface area contributed by atoms with E-state index in [-0.39, 0.29) is 46.9 Å². The second-order valence-electron chi connectivity index (χ2n) is 17.1. The first-order valence-electron chi connectivity index (χ1n) is 17.2. The molecule has 0 aliphatic heterocycles. The molecule has 0 fully saturated rings. The van der Waals surface area contributed by atoms with E-state index in [1.54, 1.807) is 33.8 Å². The first kappa shape index (κ1) is 38.3. The number of phenols is 3. The molecular formula is C41H55N3O6. The van der Waals surface area contributed by atoms with Gasteiger partial charge in [-0.25, -0.2) is 28.1 Å². The van der Waals surface area contributed by atoms with Crippen LogP contribution in [0.2, 0.25) is 0 Å². The summed E-state index contributed by atoms with van der Waals surface area (Å²) in [5.74, 6) is 0.155. The van der Waals surface area contributed by atoms with Gasteiger partial charge in [0.05, 0.1) is 18.8 Å². The predicted molar refractivity (Wildman–Crippen MR) is 201 cm³/mol. The van der Waals surface area contributed by atoms with Crippen molar-refractivity contribution in [2.75, 3.05) is 0 Å². The maximum Gasteiger partial charge on any atom is 0.341 e. The average molecular weight is 686 g/mol. The van der Waals surface area contributed by atoms with E-state index in [4.69, 9.17) is 0 Å². The molecule has 270 valence electrons. The third-order valence-corrected chi connectivity index (χ3v) is 10.1. The second-order valence-corrected chi connectivity index (χ2v) is 17.1. The highest BCUT2D eigenvalue weighted by atomic mass is 16.3. The molecule has 0 atom stereocenters. The van der Waals surface area contributed by atoms with Gasteiger partial charge in [0.15, 0.2) is 0 Å². The Kier molecular flexibility index (Phi) is 9.69. The monoisotopic (exact) mass is 685 g/mol. The van der Waals surface area contributed by atoms with Crippen molar-refractivity contribution >= 4 is 0 Å². The van der Waals surface area contributed by atoms with Gasteiger partial charge in [0.2, 0.25) is 0 Å². The van der Waals surface area contributed by atoms with E-state index in [1.165, 1.54) is 0 Å². The Balaban J connectivity index is 2.13. The topological polar surface area (TPSA) is 127 Å². The maximum atomic E-state index is 14.5. The Morgan fingerprint density at radius 3 is 1.10 bits per heavy atom. The van der Waals surface area contributed by atoms with Crippen LogP contribution in [0.15, 0.2) is 32.6 Å². The number of phenolic OH excluding ortho intramolecular Hbond substituents is 3. The van der Waals surface area contributed by atoms with Gasteiger partial charge in [-0.2, -0.15) is 0 Å². The molecule has 0 saturated heterocycles. The standard InChI is InChI=1S/C41H55N3O6/c1-21-16-29(39(7,8)9)33(45)24(4)27(21)19-42-36(48)43(20-28-22(2)17-30(40(10,11)12)34(46)25(28)5)38(50)44(37(42)49)32-23(3)18-31(41(13,14)15)35(47)26(32)6/h16-18,45-47H,19-20H2,1-15H3. The zero-order chi connectivity index (χ0) is 38.2. The van der Waals surface area contributed by atoms with Gasteiger partial charge in [-0.05, 0) is 119 Å². The predicted octanol–water partition coefficient (Wildman–Crippen LogP) is 7.12. The van der Waals surface area contributed by atoms with Crippen LogP contribution in [-0.4, -0.2) is 29.0 Å². The highest BCUT2D eigenvalue weighted by molar-refractivity contribution is 5.59. The molecule has 0 bridgehead atoms. The number of hydrogen-bond acceptors (Lipinski definition) is 6. The van der Waals surface area contributed by atoms with Crippen molar-refractivity contribution in [3.05, 3.63) is 111 Å². The van der Waals surface area contributed by atoms with Crippen LogP contribution in [0, 0.1) is 41.5 Å². The van der Waals surface area contributed by atoms with E-state index in [2.05, 4.69) is 0 Å². The molecule has 0 spiro atoms. The Morgan fingerprint density at radius 1 is 0.480 bits per heavy atom. The summed E-state index contributed by atoms with van der Waals surface area (Å²) >= 11 is 0. The maximum absolute atomic E-state index is 14.5. The van der Waals surface area contributed by atoms with Crippen molar-refractivity contribution in [1.82, 2.24) is 13.7 Å². The minimum absolute atomic E-state index is 0.0301. The fourth-order valence-corrected chi connectivity index (χ4v) is 6.94. The van der Waals surface area contributed by atoms with Crippen LogP contribution in [0.5, 0.6) is 17.2 Å². The summed E-state index contributed by atoms with van der Waals surface area (Å²) in [4.78, 5) is 43.5. The molecule has 4 rings (SSSR count). The summed E-state index contributed by atoms with van der Waals surface area (Å²) in [5.41, 5.74) is 3.45. The van der Waals surface area contributed by atoms with Gasteiger partial charge in [0.25, 0.3) is 0 Å². The molecule has 0 saturated carbocycles. The molecule has 4 aromatic rings. The number of aryl methyl sites for hydroxylation is 3. The van der Waals surface area contributed by atoms with Crippen molar-refractivity contribution < 1.29 is 15.3 Å². The van der Waals surface area contributed by atoms with Gasteiger partial charge < -0.3 is 15.3 Å². The first-order chi connectivity index (χ1) is 22.7. The van der Waals surface area contributed by atoms with Gasteiger partial charge in [-0.15, -0.1) is 0 Å². The largest absolute Gasteiger partial charge is 0.507 e. The lowest BCUT2D eigenvalue weighted by Gasteiger charge is -2.26. The van der Waals surface area contributed by atoms with Gasteiger partial charge in [0, 0.05) is 5.56 Å². The summed E-state index contributed by atoms with van der Waals surface area (Å²) in [6, 6.07) is 5.53. The van der Waals surface area contributed by atoms with Crippen LogP contribution in [0.3, 0.4) is 0 Å². The molecule has 1 aromatic heterocycles. The fourth-order valence-electron chi connectivity index (χ4n) is 6.94. The highest BCUT2D eigenvalue weighted by Gasteiger charge is 2.29. The van der Waals surface area contributed by atoms with E-state index in [0.717, 1.165) is 36.0 Å². The molecule has 0 unspecified atom stereocenters. The van der Waals surface area contributed by atoms with Crippen molar-refractivity contribution in [2.45, 2.75) is 133 Å². The SMILES string of the molecule is Cc1cc(C(C)(C)C)c(O)c(C)c1Cn1c(=O)n(Cc2c(C)cc(C(C)(C)C)c(O)c2C)c(=O)n(-c2c(C)cc(C(C)(C)C)c(O)c2C)c1=O. The zero-order valence-electron chi connectivity index (χ0n) is 32.6. The number of nitrogens with zero attached hydrogens (tertiary/aromatic N) is 3. The number of benzene rings is 3. The Morgan fingerprint density at radius 2 is 0.780 bits per heavy atom. The number of aromatic nitrogens is 3. The normalized spacial score (nSPS) is 12.5. The molecule has 1 heterocycles. The van der Waals surface area contributed by atoms with E-state index < -0.39 is 22.5 Å². The summed E-state index contributed by atoms with van der Waals surface area (Å²) in [6.07, 6.45) is 0. The first-order valence-corrected chi connectivity index (χ1v) is 17.2. The smallest absolute Gasteiger partial charge is 0.341 e. The second kappa shape index (κ2) is 12.7. The van der Waals surface area contributed by atoms with E-state index in [0.29, 0.717) is 38.9 Å². The average Bonchev–Trinajstić information content (AvgIpc) is 2.97. The molecule has 0 radical (unpaired) electrons. The van der Waals surface area contributed by atoms with Crippen LogP contribution in [0.1, 0.15) is 124 Å². The van der Waals surface area contributed by atoms with Gasteiger partial charge in [0.1, 0.15) is 17.2 Å². The quantitative estimate of drug-likeness (QED) is 0.206. The van der Waals surface area contributed by atoms with Crippen molar-refractivity contribution in [1.29, 1.82) is 0 Å². The lowest BCUT2D eigenvalue weighted by Crippen LogP contribution is -2.54. The van der Waals surface area contributed by atoms with Crippen LogP contribution in [-0.2, 0) is 29.3 Å². The van der Waals surface area contributed by atoms with Crippen molar-refractivity contribution in [2.24, 2.45) is 0 Å². The van der Waals surface area contributed by atoms with Crippen molar-refractivity contribution in [3.63, 3.8) is 0 Å². The summed E-state index contributed by atoms with van der Waals surface area (Å²) in [5, 5.41) is 33.9. The Labute approximate surface area is 295 Å². The summed E-state index contributed by atoms with van der Waals surface area (Å²) < 4.78 is 3.02. The number of rotatable bonds is 5. The highest BCUT2D eigenvalue weighted by Crippen LogP contribution is 2.39. The fraction of sp³-hybridized carbons (Fsp3) is 0.488. The lowest BCUT2D eigenvalue weighted by molar-refractivity contribution is 0.438. The molecule has 0 aliphatic carbocycles. The summed E-state index contributed by atoms with van der Waals surface area (Å²) in [7, 11) is 0. The summed E-state index contributed by atoms with van der Waals surface area (Å²) in [6.45, 7) is 28.2.